The zero-order valence-corrected chi connectivity index (χ0v) is 10.1. The molecule has 0 aliphatic heterocycles. The molecule has 0 aliphatic rings. The summed E-state index contributed by atoms with van der Waals surface area (Å²) in [5, 5.41) is 0. The fourth-order valence-corrected chi connectivity index (χ4v) is 2.58. The van der Waals surface area contributed by atoms with Gasteiger partial charge in [-0.05, 0) is 31.0 Å². The Morgan fingerprint density at radius 1 is 1.12 bits per heavy atom. The van der Waals surface area contributed by atoms with Gasteiger partial charge in [0.15, 0.2) is 0 Å². The van der Waals surface area contributed by atoms with Crippen LogP contribution in [0.3, 0.4) is 0 Å². The molecule has 16 heavy (non-hydrogen) atoms. The smallest absolute Gasteiger partial charge is 0.130 e. The number of carbonyl (C=O) groups excluding carboxylic acids is 1. The summed E-state index contributed by atoms with van der Waals surface area (Å²) in [5.74, 6) is 0.259. The molecule has 0 saturated carbocycles. The molecular formula is C14H14OS. The largest absolute Gasteiger partial charge is 0.300 e. The van der Waals surface area contributed by atoms with Crippen molar-refractivity contribution in [1.82, 2.24) is 0 Å². The fraction of sp³-hybridized carbons (Fsp3) is 0.214. The van der Waals surface area contributed by atoms with Crippen LogP contribution >= 0.6 is 11.3 Å². The molecule has 0 unspecified atom stereocenters. The van der Waals surface area contributed by atoms with E-state index in [9.17, 15) is 4.79 Å². The van der Waals surface area contributed by atoms with Crippen molar-refractivity contribution >= 4 is 17.1 Å². The lowest BCUT2D eigenvalue weighted by molar-refractivity contribution is -0.116. The van der Waals surface area contributed by atoms with Crippen LogP contribution in [0.1, 0.15) is 18.2 Å². The number of hydrogen-bond donors (Lipinski definition) is 0. The lowest BCUT2D eigenvalue weighted by Crippen LogP contribution is -1.91. The maximum Gasteiger partial charge on any atom is 0.130 e. The quantitative estimate of drug-likeness (QED) is 0.777. The predicted octanol–water partition coefficient (Wildman–Crippen LogP) is 3.94. The van der Waals surface area contributed by atoms with E-state index in [0.717, 1.165) is 6.42 Å². The highest BCUT2D eigenvalue weighted by molar-refractivity contribution is 7.15. The van der Waals surface area contributed by atoms with Crippen LogP contribution < -0.4 is 0 Å². The third-order valence-corrected chi connectivity index (χ3v) is 3.64. The van der Waals surface area contributed by atoms with Crippen molar-refractivity contribution in [3.8, 4) is 10.4 Å². The van der Waals surface area contributed by atoms with Crippen molar-refractivity contribution < 1.29 is 4.79 Å². The van der Waals surface area contributed by atoms with E-state index in [4.69, 9.17) is 0 Å². The molecule has 1 nitrogen and oxygen atoms in total. The molecule has 2 aromatic rings. The minimum atomic E-state index is 0.259. The molecular weight excluding hydrogens is 216 g/mol. The zero-order chi connectivity index (χ0) is 11.4. The Morgan fingerprint density at radius 2 is 1.88 bits per heavy atom. The van der Waals surface area contributed by atoms with Gasteiger partial charge in [0.05, 0.1) is 0 Å². The Bertz CT molecular complexity index is 470. The van der Waals surface area contributed by atoms with Crippen LogP contribution in [-0.4, -0.2) is 5.78 Å². The van der Waals surface area contributed by atoms with E-state index in [2.05, 4.69) is 24.3 Å². The first-order chi connectivity index (χ1) is 7.75. The number of rotatable bonds is 4. The summed E-state index contributed by atoms with van der Waals surface area (Å²) in [6.45, 7) is 1.64. The van der Waals surface area contributed by atoms with Gasteiger partial charge in [0.1, 0.15) is 5.78 Å². The van der Waals surface area contributed by atoms with Gasteiger partial charge in [-0.1, -0.05) is 30.3 Å². The molecule has 0 amide bonds. The van der Waals surface area contributed by atoms with Crippen molar-refractivity contribution in [3.05, 3.63) is 47.3 Å². The second-order valence-corrected chi connectivity index (χ2v) is 5.00. The number of benzene rings is 1. The number of aryl methyl sites for hydroxylation is 1. The molecule has 2 rings (SSSR count). The van der Waals surface area contributed by atoms with Gasteiger partial charge in [0, 0.05) is 16.2 Å². The summed E-state index contributed by atoms with van der Waals surface area (Å²) >= 11 is 1.78. The van der Waals surface area contributed by atoms with Crippen molar-refractivity contribution in [2.45, 2.75) is 19.8 Å². The van der Waals surface area contributed by atoms with Gasteiger partial charge >= 0.3 is 0 Å². The van der Waals surface area contributed by atoms with Gasteiger partial charge in [-0.15, -0.1) is 11.3 Å². The summed E-state index contributed by atoms with van der Waals surface area (Å²) < 4.78 is 0. The number of hydrogen-bond acceptors (Lipinski definition) is 2. The summed E-state index contributed by atoms with van der Waals surface area (Å²) in [7, 11) is 0. The van der Waals surface area contributed by atoms with Crippen LogP contribution in [0.2, 0.25) is 0 Å². The number of thiophene rings is 1. The van der Waals surface area contributed by atoms with E-state index in [1.807, 2.05) is 18.2 Å². The molecule has 0 radical (unpaired) electrons. The van der Waals surface area contributed by atoms with E-state index in [1.54, 1.807) is 18.3 Å². The van der Waals surface area contributed by atoms with Crippen molar-refractivity contribution in [3.63, 3.8) is 0 Å². The molecule has 0 aliphatic carbocycles. The molecule has 0 spiro atoms. The van der Waals surface area contributed by atoms with Crippen molar-refractivity contribution in [2.75, 3.05) is 0 Å². The first-order valence-electron chi connectivity index (χ1n) is 5.39. The average molecular weight is 230 g/mol. The minimum absolute atomic E-state index is 0.259. The van der Waals surface area contributed by atoms with Gasteiger partial charge < -0.3 is 4.79 Å². The monoisotopic (exact) mass is 230 g/mol. The Balaban J connectivity index is 2.11. The van der Waals surface area contributed by atoms with Crippen molar-refractivity contribution in [2.24, 2.45) is 0 Å². The molecule has 2 heteroatoms. The first-order valence-corrected chi connectivity index (χ1v) is 6.21. The van der Waals surface area contributed by atoms with E-state index in [1.165, 1.54) is 15.3 Å². The Labute approximate surface area is 99.8 Å². The lowest BCUT2D eigenvalue weighted by Gasteiger charge is -1.95. The zero-order valence-electron chi connectivity index (χ0n) is 9.27. The Hall–Kier alpha value is -1.41. The molecule has 0 bridgehead atoms. The maximum absolute atomic E-state index is 10.9. The highest BCUT2D eigenvalue weighted by Gasteiger charge is 2.03. The third-order valence-electron chi connectivity index (χ3n) is 2.44. The first kappa shape index (κ1) is 11.1. The van der Waals surface area contributed by atoms with Gasteiger partial charge in [-0.3, -0.25) is 0 Å². The molecule has 1 heterocycles. The normalized spacial score (nSPS) is 10.3. The fourth-order valence-electron chi connectivity index (χ4n) is 1.57. The molecule has 82 valence electrons. The van der Waals surface area contributed by atoms with E-state index in [0.29, 0.717) is 6.42 Å². The molecule has 1 aromatic carbocycles. The Kier molecular flexibility index (Phi) is 3.52. The number of Topliss-reactive ketones (excluding diaryl/α,β-unsaturated/α-hetero) is 1. The third kappa shape index (κ3) is 2.80. The molecule has 0 saturated heterocycles. The Morgan fingerprint density at radius 3 is 2.56 bits per heavy atom. The highest BCUT2D eigenvalue weighted by atomic mass is 32.1. The summed E-state index contributed by atoms with van der Waals surface area (Å²) in [6.07, 6.45) is 1.52. The van der Waals surface area contributed by atoms with Gasteiger partial charge in [0.25, 0.3) is 0 Å². The van der Waals surface area contributed by atoms with Crippen LogP contribution in [0, 0.1) is 0 Å². The van der Waals surface area contributed by atoms with Gasteiger partial charge in [0.2, 0.25) is 0 Å². The molecule has 0 N–H and O–H groups in total. The minimum Gasteiger partial charge on any atom is -0.300 e. The average Bonchev–Trinajstić information content (AvgIpc) is 2.76. The topological polar surface area (TPSA) is 17.1 Å². The standard InChI is InChI=1S/C14H14OS/c1-11(15)7-8-13-9-10-14(16-13)12-5-3-2-4-6-12/h2-6,9-10H,7-8H2,1H3. The summed E-state index contributed by atoms with van der Waals surface area (Å²) in [5.41, 5.74) is 1.25. The summed E-state index contributed by atoms with van der Waals surface area (Å²) in [4.78, 5) is 13.5. The second kappa shape index (κ2) is 5.08. The van der Waals surface area contributed by atoms with E-state index < -0.39 is 0 Å². The molecule has 0 fully saturated rings. The molecule has 1 aromatic heterocycles. The highest BCUT2D eigenvalue weighted by Crippen LogP contribution is 2.28. The van der Waals surface area contributed by atoms with Gasteiger partial charge in [-0.25, -0.2) is 0 Å². The van der Waals surface area contributed by atoms with Crippen LogP contribution in [0.4, 0.5) is 0 Å². The predicted molar refractivity (Wildman–Crippen MR) is 68.8 cm³/mol. The van der Waals surface area contributed by atoms with Crippen LogP contribution in [0.15, 0.2) is 42.5 Å². The molecule has 0 atom stereocenters. The SMILES string of the molecule is CC(=O)CCc1ccc(-c2ccccc2)s1. The van der Waals surface area contributed by atoms with Crippen LogP contribution in [0.25, 0.3) is 10.4 Å². The lowest BCUT2D eigenvalue weighted by atomic mass is 10.2. The summed E-state index contributed by atoms with van der Waals surface area (Å²) in [6, 6.07) is 14.6. The van der Waals surface area contributed by atoms with E-state index in [-0.39, 0.29) is 5.78 Å². The van der Waals surface area contributed by atoms with Crippen LogP contribution in [-0.2, 0) is 11.2 Å². The van der Waals surface area contributed by atoms with Crippen molar-refractivity contribution in [1.29, 1.82) is 0 Å². The van der Waals surface area contributed by atoms with E-state index >= 15 is 0 Å². The maximum atomic E-state index is 10.9. The van der Waals surface area contributed by atoms with Crippen LogP contribution in [0.5, 0.6) is 0 Å². The number of carbonyl (C=O) groups is 1. The van der Waals surface area contributed by atoms with Gasteiger partial charge in [-0.2, -0.15) is 0 Å². The number of ketones is 1. The second-order valence-electron chi connectivity index (χ2n) is 3.83.